The summed E-state index contributed by atoms with van der Waals surface area (Å²) >= 11 is 0. The molecule has 0 unspecified atom stereocenters. The van der Waals surface area contributed by atoms with Crippen LogP contribution in [-0.4, -0.2) is 6.10 Å². The van der Waals surface area contributed by atoms with Gasteiger partial charge in [-0.25, -0.2) is 22.0 Å². The zero-order valence-corrected chi connectivity index (χ0v) is 28.0. The van der Waals surface area contributed by atoms with Gasteiger partial charge in [-0.05, 0) is 80.5 Å². The van der Waals surface area contributed by atoms with Gasteiger partial charge >= 0.3 is 12.2 Å². The van der Waals surface area contributed by atoms with Crippen molar-refractivity contribution < 1.29 is 49.0 Å². The van der Waals surface area contributed by atoms with E-state index in [0.29, 0.717) is 44.2 Å². The van der Waals surface area contributed by atoms with E-state index in [0.717, 1.165) is 24.8 Å². The SMILES string of the molecule is CCCCCCCCCc1ccc(C(F)(F)OC2CCC(/C=C/CCc3cc(F)c(C(F)(F)Oc4cc(F)c(F)c(F)c4)c(F)c3)CC2)cc1. The Morgan fingerprint density at radius 1 is 0.660 bits per heavy atom. The van der Waals surface area contributed by atoms with Gasteiger partial charge in [0.2, 0.25) is 0 Å². The lowest BCUT2D eigenvalue weighted by atomic mass is 9.87. The molecule has 1 saturated carbocycles. The summed E-state index contributed by atoms with van der Waals surface area (Å²) < 4.78 is 138. The quantitative estimate of drug-likeness (QED) is 0.0565. The summed E-state index contributed by atoms with van der Waals surface area (Å²) in [5.74, 6) is -9.86. The van der Waals surface area contributed by atoms with Gasteiger partial charge in [-0.1, -0.05) is 81.9 Å². The van der Waals surface area contributed by atoms with Gasteiger partial charge in [0.1, 0.15) is 22.9 Å². The maximum absolute atomic E-state index is 14.9. The van der Waals surface area contributed by atoms with E-state index < -0.39 is 58.7 Å². The maximum Gasteiger partial charge on any atom is 0.432 e. The first-order valence-corrected chi connectivity index (χ1v) is 17.3. The highest BCUT2D eigenvalue weighted by molar-refractivity contribution is 5.31. The molecule has 11 heteroatoms. The van der Waals surface area contributed by atoms with Crippen molar-refractivity contribution in [3.8, 4) is 5.75 Å². The first-order valence-electron chi connectivity index (χ1n) is 17.3. The predicted octanol–water partition coefficient (Wildman–Crippen LogP) is 12.6. The van der Waals surface area contributed by atoms with Crippen molar-refractivity contribution in [1.82, 2.24) is 0 Å². The Kier molecular flexibility index (Phi) is 14.3. The second-order valence-corrected chi connectivity index (χ2v) is 13.0. The largest absolute Gasteiger partial charge is 0.432 e. The normalized spacial score (nSPS) is 17.1. The number of aryl methyl sites for hydroxylation is 2. The summed E-state index contributed by atoms with van der Waals surface area (Å²) in [5.41, 5.74) is -0.820. The highest BCUT2D eigenvalue weighted by Gasteiger charge is 2.41. The van der Waals surface area contributed by atoms with Gasteiger partial charge in [0.05, 0.1) is 11.7 Å². The topological polar surface area (TPSA) is 18.5 Å². The van der Waals surface area contributed by atoms with E-state index in [4.69, 9.17) is 4.74 Å². The number of rotatable bonds is 18. The van der Waals surface area contributed by atoms with Crippen LogP contribution in [0.2, 0.25) is 0 Å². The van der Waals surface area contributed by atoms with Gasteiger partial charge in [-0.2, -0.15) is 17.6 Å². The fourth-order valence-electron chi connectivity index (χ4n) is 6.20. The third-order valence-electron chi connectivity index (χ3n) is 9.00. The average molecular weight is 715 g/mol. The minimum Gasteiger partial charge on any atom is -0.429 e. The molecule has 50 heavy (non-hydrogen) atoms. The average Bonchev–Trinajstić information content (AvgIpc) is 3.05. The van der Waals surface area contributed by atoms with Crippen molar-refractivity contribution in [2.24, 2.45) is 5.92 Å². The minimum atomic E-state index is -4.66. The third kappa shape index (κ3) is 11.3. The molecule has 3 aromatic rings. The molecule has 3 aromatic carbocycles. The number of alkyl halides is 4. The van der Waals surface area contributed by atoms with Gasteiger partial charge in [0, 0.05) is 12.1 Å². The number of halogens is 9. The lowest BCUT2D eigenvalue weighted by Gasteiger charge is -2.30. The van der Waals surface area contributed by atoms with Crippen LogP contribution in [0.25, 0.3) is 0 Å². The van der Waals surface area contributed by atoms with Gasteiger partial charge in [0.15, 0.2) is 17.5 Å². The molecule has 1 fully saturated rings. The minimum absolute atomic E-state index is 0.0771. The van der Waals surface area contributed by atoms with Crippen molar-refractivity contribution in [3.63, 3.8) is 0 Å². The van der Waals surface area contributed by atoms with Gasteiger partial charge < -0.3 is 9.47 Å². The van der Waals surface area contributed by atoms with Crippen molar-refractivity contribution in [2.45, 2.75) is 115 Å². The zero-order valence-electron chi connectivity index (χ0n) is 28.0. The summed E-state index contributed by atoms with van der Waals surface area (Å²) in [4.78, 5) is 0. The maximum atomic E-state index is 14.9. The Morgan fingerprint density at radius 3 is 1.84 bits per heavy atom. The molecule has 0 spiro atoms. The molecule has 274 valence electrons. The fraction of sp³-hybridized carbons (Fsp3) is 0.487. The van der Waals surface area contributed by atoms with Gasteiger partial charge in [0.25, 0.3) is 0 Å². The number of hydrogen-bond donors (Lipinski definition) is 0. The summed E-state index contributed by atoms with van der Waals surface area (Å²) in [5, 5.41) is 0. The van der Waals surface area contributed by atoms with E-state index in [1.54, 1.807) is 18.2 Å². The number of hydrogen-bond acceptors (Lipinski definition) is 2. The van der Waals surface area contributed by atoms with Crippen LogP contribution < -0.4 is 4.74 Å². The molecule has 0 radical (unpaired) electrons. The smallest absolute Gasteiger partial charge is 0.429 e. The zero-order chi connectivity index (χ0) is 36.3. The van der Waals surface area contributed by atoms with Crippen LogP contribution in [-0.2, 0) is 29.8 Å². The summed E-state index contributed by atoms with van der Waals surface area (Å²) in [6, 6.07) is 8.06. The first-order chi connectivity index (χ1) is 23.8. The Bertz CT molecular complexity index is 1500. The molecule has 0 heterocycles. The van der Waals surface area contributed by atoms with Crippen LogP contribution in [0.1, 0.15) is 106 Å². The second kappa shape index (κ2) is 18.1. The predicted molar refractivity (Wildman–Crippen MR) is 174 cm³/mol. The summed E-state index contributed by atoms with van der Waals surface area (Å²) in [6.07, 6.45) is 6.76. The molecule has 1 aliphatic carbocycles. The first kappa shape index (κ1) is 39.3. The van der Waals surface area contributed by atoms with Crippen LogP contribution >= 0.6 is 0 Å². The number of ether oxygens (including phenoxy) is 2. The van der Waals surface area contributed by atoms with E-state index in [1.165, 1.54) is 44.2 Å². The highest BCUT2D eigenvalue weighted by atomic mass is 19.3. The third-order valence-corrected chi connectivity index (χ3v) is 9.00. The van der Waals surface area contributed by atoms with E-state index >= 15 is 0 Å². The molecule has 0 saturated heterocycles. The molecular weight excluding hydrogens is 671 g/mol. The lowest BCUT2D eigenvalue weighted by Crippen LogP contribution is -2.29. The van der Waals surface area contributed by atoms with Crippen molar-refractivity contribution in [1.29, 1.82) is 0 Å². The number of benzene rings is 3. The van der Waals surface area contributed by atoms with Crippen molar-refractivity contribution in [3.05, 3.63) is 112 Å². The number of allylic oxidation sites excluding steroid dienone is 2. The Balaban J connectivity index is 1.20. The Morgan fingerprint density at radius 2 is 1.24 bits per heavy atom. The van der Waals surface area contributed by atoms with E-state index in [9.17, 15) is 39.5 Å². The molecule has 0 aliphatic heterocycles. The van der Waals surface area contributed by atoms with Crippen molar-refractivity contribution in [2.75, 3.05) is 0 Å². The lowest BCUT2D eigenvalue weighted by molar-refractivity contribution is -0.277. The molecule has 0 atom stereocenters. The van der Waals surface area contributed by atoms with Gasteiger partial charge in [-0.15, -0.1) is 0 Å². The Labute approximate surface area is 287 Å². The fourth-order valence-corrected chi connectivity index (χ4v) is 6.20. The monoisotopic (exact) mass is 714 g/mol. The van der Waals surface area contributed by atoms with E-state index in [1.807, 2.05) is 6.08 Å². The molecule has 1 aliphatic rings. The summed E-state index contributed by atoms with van der Waals surface area (Å²) in [6.45, 7) is 2.19. The molecule has 0 aromatic heterocycles. The van der Waals surface area contributed by atoms with Crippen LogP contribution in [0.4, 0.5) is 39.5 Å². The van der Waals surface area contributed by atoms with Crippen LogP contribution in [0.5, 0.6) is 5.75 Å². The standard InChI is InChI=1S/C39H43F9O2/c1-2-3-4-5-6-7-8-11-26-14-18-29(19-15-26)38(45,46)49-30-20-16-27(17-21-30)12-9-10-13-28-22-32(40)36(33(41)23-28)39(47,48)50-31-24-34(42)37(44)35(43)25-31/h9,12,14-15,18-19,22-25,27,30H,2-8,10-11,13,16-17,20-21H2,1H3/b12-9+. The molecule has 4 rings (SSSR count). The molecule has 0 amide bonds. The van der Waals surface area contributed by atoms with Crippen LogP contribution in [0.3, 0.4) is 0 Å². The number of unbranched alkanes of at least 4 members (excludes halogenated alkanes) is 6. The second-order valence-electron chi connectivity index (χ2n) is 13.0. The molecular formula is C39H43F9O2. The van der Waals surface area contributed by atoms with Crippen LogP contribution in [0, 0.1) is 35.0 Å². The van der Waals surface area contributed by atoms with Gasteiger partial charge in [-0.3, -0.25) is 0 Å². The van der Waals surface area contributed by atoms with E-state index in [-0.39, 0.29) is 35.6 Å². The molecule has 0 bridgehead atoms. The van der Waals surface area contributed by atoms with E-state index in [2.05, 4.69) is 11.7 Å². The van der Waals surface area contributed by atoms with Crippen molar-refractivity contribution >= 4 is 0 Å². The molecule has 0 N–H and O–H groups in total. The molecule has 2 nitrogen and oxygen atoms in total. The van der Waals surface area contributed by atoms with Crippen LogP contribution in [0.15, 0.2) is 60.7 Å². The highest BCUT2D eigenvalue weighted by Crippen LogP contribution is 2.38. The summed E-state index contributed by atoms with van der Waals surface area (Å²) in [7, 11) is 0. The Hall–Kier alpha value is -3.47.